The number of halogens is 2. The third kappa shape index (κ3) is 6.09. The number of nitrogens with zero attached hydrogens (tertiary/aromatic N) is 2. The standard InChI is InChI=1S/C18H17F2N3O4S.C3H9N/c1-10-12-6-7-14(26-9-24)16(20)17(12)27-18(25)23(10)8-11-4-3-5-13(15(11)19)22-28-21-2;1-4(2)3/h3-7,9-10,21-22H,8H2,1-2H3;1-3H3. The summed E-state index contributed by atoms with van der Waals surface area (Å²) in [5.74, 6) is -2.08. The van der Waals surface area contributed by atoms with E-state index in [9.17, 15) is 18.4 Å². The average molecular weight is 469 g/mol. The van der Waals surface area contributed by atoms with Crippen molar-refractivity contribution in [3.05, 3.63) is 53.1 Å². The molecule has 0 aromatic heterocycles. The molecule has 2 N–H and O–H groups in total. The fraction of sp³-hybridized carbons (Fsp3) is 0.333. The van der Waals surface area contributed by atoms with Crippen LogP contribution in [0.5, 0.6) is 11.5 Å². The Morgan fingerprint density at radius 1 is 1.22 bits per heavy atom. The molecule has 0 saturated carbocycles. The van der Waals surface area contributed by atoms with Gasteiger partial charge in [0.1, 0.15) is 0 Å². The predicted molar refractivity (Wildman–Crippen MR) is 119 cm³/mol. The zero-order valence-corrected chi connectivity index (χ0v) is 19.3. The van der Waals surface area contributed by atoms with E-state index < -0.39 is 23.8 Å². The molecule has 1 unspecified atom stereocenters. The van der Waals surface area contributed by atoms with Crippen LogP contribution < -0.4 is 18.9 Å². The lowest BCUT2D eigenvalue weighted by Crippen LogP contribution is -2.39. The summed E-state index contributed by atoms with van der Waals surface area (Å²) in [7, 11) is 7.69. The third-order valence-electron chi connectivity index (χ3n) is 4.29. The monoisotopic (exact) mass is 468 g/mol. The lowest BCUT2D eigenvalue weighted by molar-refractivity contribution is -0.120. The molecule has 2 aromatic carbocycles. The Kier molecular flexibility index (Phi) is 9.24. The van der Waals surface area contributed by atoms with E-state index in [2.05, 4.69) is 14.2 Å². The Morgan fingerprint density at radius 2 is 1.91 bits per heavy atom. The summed E-state index contributed by atoms with van der Waals surface area (Å²) < 4.78 is 44.4. The van der Waals surface area contributed by atoms with E-state index in [0.29, 0.717) is 5.56 Å². The van der Waals surface area contributed by atoms with Crippen molar-refractivity contribution < 1.29 is 27.8 Å². The minimum Gasteiger partial charge on any atom is -0.425 e. The van der Waals surface area contributed by atoms with Crippen LogP contribution in [0.1, 0.15) is 24.1 Å². The number of carbonyl (C=O) groups is 2. The van der Waals surface area contributed by atoms with Gasteiger partial charge in [0.15, 0.2) is 17.3 Å². The minimum atomic E-state index is -0.939. The van der Waals surface area contributed by atoms with E-state index in [1.165, 1.54) is 17.0 Å². The predicted octanol–water partition coefficient (Wildman–Crippen LogP) is 3.95. The Hall–Kier alpha value is -2.89. The Labute approximate surface area is 190 Å². The molecule has 174 valence electrons. The lowest BCUT2D eigenvalue weighted by Gasteiger charge is -2.34. The number of ether oxygens (including phenoxy) is 2. The van der Waals surface area contributed by atoms with Crippen LogP contribution in [0.25, 0.3) is 0 Å². The second-order valence-corrected chi connectivity index (χ2v) is 8.03. The zero-order valence-electron chi connectivity index (χ0n) is 18.4. The maximum Gasteiger partial charge on any atom is 0.416 e. The van der Waals surface area contributed by atoms with Crippen molar-refractivity contribution in [1.82, 2.24) is 14.5 Å². The van der Waals surface area contributed by atoms with Crippen LogP contribution in [-0.4, -0.2) is 50.6 Å². The Morgan fingerprint density at radius 3 is 2.53 bits per heavy atom. The van der Waals surface area contributed by atoms with Gasteiger partial charge in [-0.2, -0.15) is 4.39 Å². The quantitative estimate of drug-likeness (QED) is 0.467. The molecule has 1 aliphatic rings. The number of rotatable bonds is 7. The number of fused-ring (bicyclic) bond motifs is 1. The fourth-order valence-electron chi connectivity index (χ4n) is 2.87. The molecule has 0 bridgehead atoms. The van der Waals surface area contributed by atoms with Gasteiger partial charge < -0.3 is 19.1 Å². The molecule has 1 aliphatic heterocycles. The number of benzene rings is 2. The SMILES string of the molecule is CN(C)C.CNSNc1cccc(CN2C(=O)Oc3c(ccc(OC=O)c3F)C2C)c1F. The van der Waals surface area contributed by atoms with Crippen molar-refractivity contribution >= 4 is 30.4 Å². The summed E-state index contributed by atoms with van der Waals surface area (Å²) in [6.07, 6.45) is -0.829. The first-order valence-electron chi connectivity index (χ1n) is 9.59. The van der Waals surface area contributed by atoms with Crippen LogP contribution in [-0.2, 0) is 11.3 Å². The largest absolute Gasteiger partial charge is 0.425 e. The highest BCUT2D eigenvalue weighted by atomic mass is 32.2. The van der Waals surface area contributed by atoms with Crippen molar-refractivity contribution in [2.45, 2.75) is 19.5 Å². The van der Waals surface area contributed by atoms with Crippen LogP contribution >= 0.6 is 12.1 Å². The normalized spacial score (nSPS) is 14.8. The van der Waals surface area contributed by atoms with Gasteiger partial charge in [0, 0.05) is 23.3 Å². The first kappa shape index (κ1) is 25.4. The maximum absolute atomic E-state index is 14.7. The van der Waals surface area contributed by atoms with Crippen LogP contribution in [0, 0.1) is 11.6 Å². The van der Waals surface area contributed by atoms with Gasteiger partial charge in [-0.15, -0.1) is 0 Å². The molecule has 11 heteroatoms. The van der Waals surface area contributed by atoms with Crippen molar-refractivity contribution in [2.75, 3.05) is 32.9 Å². The summed E-state index contributed by atoms with van der Waals surface area (Å²) >= 11 is 1.11. The fourth-order valence-corrected chi connectivity index (χ4v) is 3.24. The molecule has 32 heavy (non-hydrogen) atoms. The first-order valence-corrected chi connectivity index (χ1v) is 10.4. The minimum absolute atomic E-state index is 0.0702. The zero-order chi connectivity index (χ0) is 23.8. The summed E-state index contributed by atoms with van der Waals surface area (Å²) in [5.41, 5.74) is 0.920. The lowest BCUT2D eigenvalue weighted by atomic mass is 10.0. The van der Waals surface area contributed by atoms with E-state index >= 15 is 0 Å². The topological polar surface area (TPSA) is 83.1 Å². The molecule has 0 aliphatic carbocycles. The highest BCUT2D eigenvalue weighted by molar-refractivity contribution is 7.98. The molecule has 0 radical (unpaired) electrons. The Balaban J connectivity index is 0.000000837. The van der Waals surface area contributed by atoms with Crippen molar-refractivity contribution in [3.8, 4) is 11.5 Å². The molecule has 0 saturated heterocycles. The second kappa shape index (κ2) is 11.7. The number of anilines is 1. The molecular formula is C21H26F2N4O4S. The van der Waals surface area contributed by atoms with Gasteiger partial charge in [-0.05, 0) is 53.3 Å². The Bertz CT molecular complexity index is 959. The van der Waals surface area contributed by atoms with Gasteiger partial charge in [-0.25, -0.2) is 13.9 Å². The van der Waals surface area contributed by atoms with Crippen LogP contribution in [0.4, 0.5) is 19.3 Å². The van der Waals surface area contributed by atoms with E-state index in [1.54, 1.807) is 32.2 Å². The molecule has 1 atom stereocenters. The van der Waals surface area contributed by atoms with E-state index in [0.717, 1.165) is 12.1 Å². The van der Waals surface area contributed by atoms with Gasteiger partial charge in [0.05, 0.1) is 18.3 Å². The molecule has 1 heterocycles. The first-order chi connectivity index (χ1) is 15.2. The van der Waals surface area contributed by atoms with E-state index in [-0.39, 0.29) is 35.8 Å². The molecule has 8 nitrogen and oxygen atoms in total. The number of nitrogens with one attached hydrogen (secondary N) is 2. The third-order valence-corrected chi connectivity index (χ3v) is 4.82. The van der Waals surface area contributed by atoms with Gasteiger partial charge in [0.2, 0.25) is 5.82 Å². The van der Waals surface area contributed by atoms with Crippen LogP contribution in [0.15, 0.2) is 30.3 Å². The van der Waals surface area contributed by atoms with Gasteiger partial charge >= 0.3 is 6.09 Å². The molecule has 0 fully saturated rings. The summed E-state index contributed by atoms with van der Waals surface area (Å²) in [6.45, 7) is 1.69. The number of amides is 1. The molecule has 2 aromatic rings. The molecule has 0 spiro atoms. The summed E-state index contributed by atoms with van der Waals surface area (Å²) in [5, 5.41) is 0. The maximum atomic E-state index is 14.7. The number of hydrogen-bond acceptors (Lipinski definition) is 8. The summed E-state index contributed by atoms with van der Waals surface area (Å²) in [4.78, 5) is 26.2. The van der Waals surface area contributed by atoms with Crippen molar-refractivity contribution in [1.29, 1.82) is 0 Å². The van der Waals surface area contributed by atoms with Crippen LogP contribution in [0.3, 0.4) is 0 Å². The molecular weight excluding hydrogens is 442 g/mol. The highest BCUT2D eigenvalue weighted by Gasteiger charge is 2.35. The molecule has 3 rings (SSSR count). The van der Waals surface area contributed by atoms with E-state index in [4.69, 9.17) is 4.74 Å². The van der Waals surface area contributed by atoms with Gasteiger partial charge in [0.25, 0.3) is 6.47 Å². The van der Waals surface area contributed by atoms with Gasteiger partial charge in [-0.3, -0.25) is 9.69 Å². The number of carbonyl (C=O) groups excluding carboxylic acids is 2. The molecule has 1 amide bonds. The van der Waals surface area contributed by atoms with Crippen LogP contribution in [0.2, 0.25) is 0 Å². The highest BCUT2D eigenvalue weighted by Crippen LogP contribution is 2.40. The average Bonchev–Trinajstić information content (AvgIpc) is 2.73. The van der Waals surface area contributed by atoms with E-state index in [1.807, 2.05) is 26.0 Å². The van der Waals surface area contributed by atoms with Gasteiger partial charge in [-0.1, -0.05) is 12.1 Å². The summed E-state index contributed by atoms with van der Waals surface area (Å²) in [6, 6.07) is 6.98. The second-order valence-electron chi connectivity index (χ2n) is 7.21. The van der Waals surface area contributed by atoms with Crippen molar-refractivity contribution in [3.63, 3.8) is 0 Å². The smallest absolute Gasteiger partial charge is 0.416 e. The number of hydrogen-bond donors (Lipinski definition) is 2. The van der Waals surface area contributed by atoms with Crippen molar-refractivity contribution in [2.24, 2.45) is 0 Å².